The van der Waals surface area contributed by atoms with Crippen LogP contribution in [0.1, 0.15) is 72.1 Å². The van der Waals surface area contributed by atoms with Gasteiger partial charge >= 0.3 is 12.5 Å². The second-order valence-electron chi connectivity index (χ2n) is 17.8. The Morgan fingerprint density at radius 3 is 2.40 bits per heavy atom. The van der Waals surface area contributed by atoms with Gasteiger partial charge in [-0.25, -0.2) is 18.2 Å². The average Bonchev–Trinajstić information content (AvgIpc) is 4.12. The second kappa shape index (κ2) is 17.7. The molecule has 5 atom stereocenters. The van der Waals surface area contributed by atoms with Crippen LogP contribution in [0, 0.1) is 5.92 Å². The van der Waals surface area contributed by atoms with Crippen molar-refractivity contribution in [2.75, 3.05) is 38.8 Å². The molecule has 3 heterocycles. The van der Waals surface area contributed by atoms with Gasteiger partial charge < -0.3 is 39.4 Å². The van der Waals surface area contributed by atoms with Crippen molar-refractivity contribution in [3.63, 3.8) is 0 Å². The Bertz CT molecular complexity index is 2340. The van der Waals surface area contributed by atoms with Gasteiger partial charge in [-0.3, -0.25) is 19.1 Å². The predicted molar refractivity (Wildman–Crippen MR) is 224 cm³/mol. The van der Waals surface area contributed by atoms with Crippen LogP contribution in [0.5, 0.6) is 11.6 Å². The second-order valence-corrected chi connectivity index (χ2v) is 19.8. The van der Waals surface area contributed by atoms with Crippen LogP contribution in [0.4, 0.5) is 23.7 Å². The number of nitrogens with zero attached hydrogens (tertiary/aromatic N) is 3. The summed E-state index contributed by atoms with van der Waals surface area (Å²) in [6, 6.07) is 9.92. The molecular weight excluding hydrogens is 850 g/mol. The van der Waals surface area contributed by atoms with E-state index in [1.807, 2.05) is 31.1 Å². The molecule has 2 aromatic carbocycles. The SMILES string of the molecule is CN(C)c1ccc2c(O[C@@H]3C[C@H]4C(=O)N[C@]5(C(=O)NS(=O)(=O)C6CC6)C[C@H]5CCCCCOC[C@H](NC(=O)OC(C)(C)C)C(=O)N4C3)nc(-c3ccc(OC(F)(F)F)cc3)cc2c1. The highest BCUT2D eigenvalue weighted by molar-refractivity contribution is 7.91. The summed E-state index contributed by atoms with van der Waals surface area (Å²) >= 11 is 0. The molecule has 2 aliphatic carbocycles. The van der Waals surface area contributed by atoms with Gasteiger partial charge in [0.25, 0.3) is 5.91 Å². The van der Waals surface area contributed by atoms with E-state index in [-0.39, 0.29) is 44.4 Å². The van der Waals surface area contributed by atoms with E-state index in [9.17, 15) is 40.8 Å². The summed E-state index contributed by atoms with van der Waals surface area (Å²) in [5.74, 6) is -2.89. The first kappa shape index (κ1) is 45.6. The lowest BCUT2D eigenvalue weighted by Gasteiger charge is -2.30. The van der Waals surface area contributed by atoms with Gasteiger partial charge in [0.2, 0.25) is 27.7 Å². The maximum Gasteiger partial charge on any atom is 0.573 e. The van der Waals surface area contributed by atoms with Crippen LogP contribution >= 0.6 is 0 Å². The Balaban J connectivity index is 1.23. The molecule has 20 heteroatoms. The first-order chi connectivity index (χ1) is 29.6. The lowest BCUT2D eigenvalue weighted by atomic mass is 10.1. The molecule has 0 bridgehead atoms. The summed E-state index contributed by atoms with van der Waals surface area (Å²) < 4.78 is 88.9. The number of carbonyl (C=O) groups is 4. The number of alkyl halides is 3. The van der Waals surface area contributed by atoms with Gasteiger partial charge in [0.05, 0.1) is 24.1 Å². The molecule has 3 N–H and O–H groups in total. The number of carbonyl (C=O) groups excluding carboxylic acids is 4. The number of hydrogen-bond acceptors (Lipinski definition) is 12. The zero-order valence-electron chi connectivity index (χ0n) is 35.7. The minimum Gasteiger partial charge on any atom is -0.472 e. The van der Waals surface area contributed by atoms with Crippen molar-refractivity contribution in [2.24, 2.45) is 5.92 Å². The number of amides is 4. The van der Waals surface area contributed by atoms with E-state index in [1.54, 1.807) is 32.9 Å². The molecule has 342 valence electrons. The Labute approximate surface area is 363 Å². The number of anilines is 1. The summed E-state index contributed by atoms with van der Waals surface area (Å²) in [7, 11) is -0.231. The molecule has 16 nitrogen and oxygen atoms in total. The van der Waals surface area contributed by atoms with Crippen molar-refractivity contribution in [2.45, 2.75) is 113 Å². The van der Waals surface area contributed by atoms with Crippen LogP contribution < -0.4 is 29.7 Å². The van der Waals surface area contributed by atoms with Crippen molar-refractivity contribution in [3.05, 3.63) is 48.5 Å². The zero-order valence-corrected chi connectivity index (χ0v) is 36.6. The van der Waals surface area contributed by atoms with Crippen molar-refractivity contribution in [3.8, 4) is 22.9 Å². The largest absolute Gasteiger partial charge is 0.573 e. The van der Waals surface area contributed by atoms with Gasteiger partial charge in [-0.1, -0.05) is 12.8 Å². The van der Waals surface area contributed by atoms with E-state index in [0.717, 1.165) is 5.69 Å². The van der Waals surface area contributed by atoms with E-state index in [2.05, 4.69) is 20.1 Å². The molecule has 4 fully saturated rings. The van der Waals surface area contributed by atoms with Gasteiger partial charge in [0.15, 0.2) is 0 Å². The smallest absolute Gasteiger partial charge is 0.472 e. The van der Waals surface area contributed by atoms with E-state index in [1.165, 1.54) is 29.2 Å². The molecule has 3 aromatic rings. The van der Waals surface area contributed by atoms with Crippen LogP contribution in [0.25, 0.3) is 22.0 Å². The Kier molecular flexibility index (Phi) is 12.8. The van der Waals surface area contributed by atoms with Crippen molar-refractivity contribution < 1.29 is 59.7 Å². The summed E-state index contributed by atoms with van der Waals surface area (Å²) in [6.07, 6.45) is -3.21. The number of halogens is 3. The number of ether oxygens (including phenoxy) is 4. The molecule has 2 saturated carbocycles. The predicted octanol–water partition coefficient (Wildman–Crippen LogP) is 5.18. The van der Waals surface area contributed by atoms with E-state index in [4.69, 9.17) is 19.2 Å². The van der Waals surface area contributed by atoms with Gasteiger partial charge in [0, 0.05) is 43.8 Å². The molecule has 63 heavy (non-hydrogen) atoms. The lowest BCUT2D eigenvalue weighted by molar-refractivity contribution is -0.274. The van der Waals surface area contributed by atoms with Gasteiger partial charge in [-0.2, -0.15) is 0 Å². The number of aromatic nitrogens is 1. The average molecular weight is 903 g/mol. The third kappa shape index (κ3) is 11.1. The molecule has 1 aromatic heterocycles. The normalized spacial score (nSPS) is 24.8. The number of pyridine rings is 1. The maximum absolute atomic E-state index is 14.6. The molecule has 4 amide bonds. The molecule has 0 radical (unpaired) electrons. The third-order valence-electron chi connectivity index (χ3n) is 11.5. The highest BCUT2D eigenvalue weighted by Gasteiger charge is 2.62. The highest BCUT2D eigenvalue weighted by Crippen LogP contribution is 2.48. The maximum atomic E-state index is 14.6. The molecule has 4 aliphatic rings. The van der Waals surface area contributed by atoms with Gasteiger partial charge in [0.1, 0.15) is 35.1 Å². The van der Waals surface area contributed by atoms with Crippen LogP contribution in [0.15, 0.2) is 48.5 Å². The summed E-state index contributed by atoms with van der Waals surface area (Å²) in [4.78, 5) is 64.1. The zero-order chi connectivity index (χ0) is 45.5. The minimum absolute atomic E-state index is 0.104. The van der Waals surface area contributed by atoms with E-state index in [0.29, 0.717) is 60.6 Å². The number of benzene rings is 2. The van der Waals surface area contributed by atoms with Crippen LogP contribution in [-0.2, 0) is 33.9 Å². The molecule has 7 rings (SSSR count). The Morgan fingerprint density at radius 1 is 1.00 bits per heavy atom. The fourth-order valence-electron chi connectivity index (χ4n) is 8.04. The number of sulfonamides is 1. The fourth-order valence-corrected chi connectivity index (χ4v) is 9.40. The number of nitrogens with one attached hydrogen (secondary N) is 3. The number of hydrogen-bond donors (Lipinski definition) is 3. The standard InChI is InChI=1S/C43H53F3N6O10S/c1-41(2,3)62-40(56)48-34-24-59-18-8-6-7-9-27-22-42(27,39(55)50-63(57,58)31-15-16-31)49-36(53)35-21-30(23-52(35)38(34)54)60-37-32-17-12-28(51(4)5)19-26(32)20-33(47-37)25-10-13-29(14-11-25)61-43(44,45)46/h10-14,17,19-20,27,30-31,34-35H,6-9,15-16,18,21-24H2,1-5H3,(H,48,56)(H,49,53)(H,50,55)/t27-,30-,34+,35+,42-/m1/s1. The lowest BCUT2D eigenvalue weighted by Crippen LogP contribution is -2.59. The Morgan fingerprint density at radius 2 is 1.73 bits per heavy atom. The highest BCUT2D eigenvalue weighted by atomic mass is 32.2. The van der Waals surface area contributed by atoms with E-state index >= 15 is 0 Å². The number of fused-ring (bicyclic) bond motifs is 3. The first-order valence-corrected chi connectivity index (χ1v) is 22.6. The molecule has 2 saturated heterocycles. The molecule has 0 unspecified atom stereocenters. The van der Waals surface area contributed by atoms with Gasteiger partial charge in [-0.05, 0) is 113 Å². The minimum atomic E-state index is -4.88. The van der Waals surface area contributed by atoms with Crippen molar-refractivity contribution in [1.29, 1.82) is 0 Å². The summed E-state index contributed by atoms with van der Waals surface area (Å²) in [5, 5.41) is 6.03. The fraction of sp³-hybridized carbons (Fsp3) is 0.558. The monoisotopic (exact) mass is 902 g/mol. The topological polar surface area (TPSA) is 195 Å². The van der Waals surface area contributed by atoms with E-state index < -0.39 is 80.5 Å². The Hall–Kier alpha value is -5.37. The first-order valence-electron chi connectivity index (χ1n) is 21.0. The number of rotatable bonds is 9. The summed E-state index contributed by atoms with van der Waals surface area (Å²) in [6.45, 7) is 4.84. The van der Waals surface area contributed by atoms with Crippen molar-refractivity contribution in [1.82, 2.24) is 25.2 Å². The quantitative estimate of drug-likeness (QED) is 0.255. The third-order valence-corrected chi connectivity index (χ3v) is 13.3. The van der Waals surface area contributed by atoms with Gasteiger partial charge in [-0.15, -0.1) is 13.2 Å². The number of alkyl carbamates (subject to hydrolysis) is 1. The van der Waals surface area contributed by atoms with Crippen LogP contribution in [0.2, 0.25) is 0 Å². The van der Waals surface area contributed by atoms with Crippen LogP contribution in [0.3, 0.4) is 0 Å². The molecular formula is C43H53F3N6O10S. The van der Waals surface area contributed by atoms with Crippen LogP contribution in [-0.4, -0.2) is 117 Å². The molecule has 0 spiro atoms. The summed E-state index contributed by atoms with van der Waals surface area (Å²) in [5.41, 5.74) is -0.805. The van der Waals surface area contributed by atoms with Crippen molar-refractivity contribution >= 4 is 50.3 Å². The molecule has 2 aliphatic heterocycles.